The molecule has 1 saturated heterocycles. The molecule has 3 atom stereocenters. The number of benzene rings is 3. The Morgan fingerprint density at radius 3 is 2.03 bits per heavy atom. The molecule has 1 aromatic heterocycles. The summed E-state index contributed by atoms with van der Waals surface area (Å²) in [6, 6.07) is 27.2. The van der Waals surface area contributed by atoms with Crippen molar-refractivity contribution in [2.24, 2.45) is 0 Å². The highest BCUT2D eigenvalue weighted by Crippen LogP contribution is 2.37. The number of likely N-dealkylation sites (N-methyl/N-ethyl adjacent to an activating group) is 1. The Hall–Kier alpha value is -2.82. The number of hydrogen-bond acceptors (Lipinski definition) is 3. The molecule has 3 unspecified atom stereocenters. The van der Waals surface area contributed by atoms with Gasteiger partial charge in [0.05, 0.1) is 18.1 Å². The number of fused-ring (bicyclic) bond motifs is 3. The van der Waals surface area contributed by atoms with Gasteiger partial charge >= 0.3 is 0 Å². The van der Waals surface area contributed by atoms with Crippen molar-refractivity contribution in [1.82, 2.24) is 14.4 Å². The molecule has 0 amide bonds. The van der Waals surface area contributed by atoms with Gasteiger partial charge in [-0.2, -0.15) is 0 Å². The lowest BCUT2D eigenvalue weighted by molar-refractivity contribution is -0.0346. The highest BCUT2D eigenvalue weighted by molar-refractivity contribution is 6.08. The molecule has 0 bridgehead atoms. The molecule has 5 rings (SSSR count). The Kier molecular flexibility index (Phi) is 6.13. The lowest BCUT2D eigenvalue weighted by Crippen LogP contribution is -2.59. The summed E-state index contributed by atoms with van der Waals surface area (Å²) in [6.45, 7) is 10.3. The molecule has 1 fully saturated rings. The van der Waals surface area contributed by atoms with E-state index in [0.29, 0.717) is 18.2 Å². The third kappa shape index (κ3) is 3.92. The van der Waals surface area contributed by atoms with Crippen molar-refractivity contribution < 1.29 is 4.74 Å². The van der Waals surface area contributed by atoms with Crippen LogP contribution in [0.4, 0.5) is 0 Å². The summed E-state index contributed by atoms with van der Waals surface area (Å²) in [5, 5.41) is 2.69. The number of nitrogens with zero attached hydrogens (tertiary/aromatic N) is 3. The Balaban J connectivity index is 1.51. The molecule has 3 aromatic carbocycles. The largest absolute Gasteiger partial charge is 0.497 e. The van der Waals surface area contributed by atoms with E-state index in [-0.39, 0.29) is 0 Å². The Morgan fingerprint density at radius 2 is 1.45 bits per heavy atom. The fourth-order valence-corrected chi connectivity index (χ4v) is 5.84. The van der Waals surface area contributed by atoms with Crippen LogP contribution in [0.25, 0.3) is 21.8 Å². The number of rotatable bonds is 6. The summed E-state index contributed by atoms with van der Waals surface area (Å²) in [5.41, 5.74) is 4.03. The standard InChI is InChI=1S/C29H35N3O/c1-5-30-20-21(2)31(19-18-23-14-16-24(33-4)17-15-23)22(3)29(30)32-27-12-8-6-10-25(27)26-11-7-9-13-28(26)32/h6-17,21-22,29H,5,18-20H2,1-4H3. The van der Waals surface area contributed by atoms with Crippen molar-refractivity contribution in [3.05, 3.63) is 78.4 Å². The Morgan fingerprint density at radius 1 is 0.848 bits per heavy atom. The summed E-state index contributed by atoms with van der Waals surface area (Å²) in [6.07, 6.45) is 1.34. The molecule has 0 N–H and O–H groups in total. The number of methoxy groups -OCH3 is 1. The maximum atomic E-state index is 5.33. The maximum absolute atomic E-state index is 5.33. The molecule has 172 valence electrons. The average Bonchev–Trinajstić information content (AvgIpc) is 3.18. The second-order valence-corrected chi connectivity index (χ2v) is 9.33. The van der Waals surface area contributed by atoms with E-state index in [2.05, 4.69) is 108 Å². The maximum Gasteiger partial charge on any atom is 0.118 e. The number of hydrogen-bond donors (Lipinski definition) is 0. The van der Waals surface area contributed by atoms with Crippen molar-refractivity contribution in [3.63, 3.8) is 0 Å². The van der Waals surface area contributed by atoms with Crippen LogP contribution in [-0.2, 0) is 6.42 Å². The van der Waals surface area contributed by atoms with Gasteiger partial charge in [0.25, 0.3) is 0 Å². The molecule has 1 aliphatic rings. The molecule has 4 aromatic rings. The van der Waals surface area contributed by atoms with E-state index in [1.807, 2.05) is 0 Å². The van der Waals surface area contributed by atoms with Crippen LogP contribution in [0.5, 0.6) is 5.75 Å². The minimum absolute atomic E-state index is 0.298. The van der Waals surface area contributed by atoms with Gasteiger partial charge in [0.15, 0.2) is 0 Å². The molecule has 2 heterocycles. The molecule has 1 aliphatic heterocycles. The first-order valence-corrected chi connectivity index (χ1v) is 12.2. The van der Waals surface area contributed by atoms with Crippen LogP contribution in [-0.4, -0.2) is 53.2 Å². The van der Waals surface area contributed by atoms with Gasteiger partial charge in [0.1, 0.15) is 11.9 Å². The molecular weight excluding hydrogens is 406 g/mol. The predicted octanol–water partition coefficient (Wildman–Crippen LogP) is 5.96. The Bertz CT molecular complexity index is 1180. The van der Waals surface area contributed by atoms with Crippen LogP contribution in [0.2, 0.25) is 0 Å². The van der Waals surface area contributed by atoms with Gasteiger partial charge in [0.2, 0.25) is 0 Å². The molecule has 0 spiro atoms. The quantitative estimate of drug-likeness (QED) is 0.368. The summed E-state index contributed by atoms with van der Waals surface area (Å²) in [7, 11) is 1.72. The topological polar surface area (TPSA) is 20.6 Å². The second kappa shape index (κ2) is 9.20. The van der Waals surface area contributed by atoms with Crippen LogP contribution in [0.3, 0.4) is 0 Å². The number of piperazine rings is 1. The zero-order valence-corrected chi connectivity index (χ0v) is 20.2. The lowest BCUT2D eigenvalue weighted by atomic mass is 10.0. The van der Waals surface area contributed by atoms with Crippen molar-refractivity contribution in [2.75, 3.05) is 26.7 Å². The van der Waals surface area contributed by atoms with Gasteiger partial charge in [-0.3, -0.25) is 9.80 Å². The van der Waals surface area contributed by atoms with Gasteiger partial charge in [0, 0.05) is 35.9 Å². The predicted molar refractivity (Wildman–Crippen MR) is 138 cm³/mol. The summed E-state index contributed by atoms with van der Waals surface area (Å²) in [4.78, 5) is 5.38. The fraction of sp³-hybridized carbons (Fsp3) is 0.379. The number of aromatic nitrogens is 1. The number of para-hydroxylation sites is 2. The third-order valence-corrected chi connectivity index (χ3v) is 7.50. The molecule has 4 nitrogen and oxygen atoms in total. The second-order valence-electron chi connectivity index (χ2n) is 9.33. The van der Waals surface area contributed by atoms with Gasteiger partial charge in [-0.05, 0) is 56.6 Å². The smallest absolute Gasteiger partial charge is 0.118 e. The van der Waals surface area contributed by atoms with Crippen LogP contribution in [0, 0.1) is 0 Å². The van der Waals surface area contributed by atoms with Gasteiger partial charge in [-0.1, -0.05) is 55.5 Å². The van der Waals surface area contributed by atoms with Gasteiger partial charge < -0.3 is 9.30 Å². The molecule has 0 saturated carbocycles. The van der Waals surface area contributed by atoms with Crippen LogP contribution < -0.4 is 4.74 Å². The van der Waals surface area contributed by atoms with Crippen molar-refractivity contribution in [3.8, 4) is 5.75 Å². The molecule has 4 heteroatoms. The van der Waals surface area contributed by atoms with E-state index in [4.69, 9.17) is 4.74 Å². The van der Waals surface area contributed by atoms with E-state index < -0.39 is 0 Å². The first-order chi connectivity index (χ1) is 16.1. The summed E-state index contributed by atoms with van der Waals surface area (Å²) < 4.78 is 7.93. The SMILES string of the molecule is CCN1CC(C)N(CCc2ccc(OC)cc2)C(C)C1n1c2ccccc2c2ccccc21. The van der Waals surface area contributed by atoms with Crippen molar-refractivity contribution in [2.45, 2.75) is 45.4 Å². The van der Waals surface area contributed by atoms with E-state index >= 15 is 0 Å². The average molecular weight is 442 g/mol. The minimum Gasteiger partial charge on any atom is -0.497 e. The van der Waals surface area contributed by atoms with Crippen molar-refractivity contribution >= 4 is 21.8 Å². The molecular formula is C29H35N3O. The van der Waals surface area contributed by atoms with E-state index in [0.717, 1.165) is 31.8 Å². The van der Waals surface area contributed by atoms with Gasteiger partial charge in [-0.15, -0.1) is 0 Å². The molecule has 0 radical (unpaired) electrons. The monoisotopic (exact) mass is 441 g/mol. The minimum atomic E-state index is 0.298. The fourth-order valence-electron chi connectivity index (χ4n) is 5.84. The van der Waals surface area contributed by atoms with E-state index in [9.17, 15) is 0 Å². The zero-order chi connectivity index (χ0) is 22.9. The Labute approximate surface area is 197 Å². The normalized spacial score (nSPS) is 22.2. The molecule has 0 aliphatic carbocycles. The summed E-state index contributed by atoms with van der Waals surface area (Å²) >= 11 is 0. The first kappa shape index (κ1) is 22.0. The van der Waals surface area contributed by atoms with Crippen LogP contribution >= 0.6 is 0 Å². The number of ether oxygens (including phenoxy) is 1. The van der Waals surface area contributed by atoms with E-state index in [1.54, 1.807) is 7.11 Å². The summed E-state index contributed by atoms with van der Waals surface area (Å²) in [5.74, 6) is 0.920. The first-order valence-electron chi connectivity index (χ1n) is 12.2. The van der Waals surface area contributed by atoms with Gasteiger partial charge in [-0.25, -0.2) is 0 Å². The highest BCUT2D eigenvalue weighted by Gasteiger charge is 2.38. The van der Waals surface area contributed by atoms with Crippen LogP contribution in [0.1, 0.15) is 32.5 Å². The zero-order valence-electron chi connectivity index (χ0n) is 20.2. The van der Waals surface area contributed by atoms with Crippen LogP contribution in [0.15, 0.2) is 72.8 Å². The lowest BCUT2D eigenvalue weighted by Gasteiger charge is -2.50. The van der Waals surface area contributed by atoms with E-state index in [1.165, 1.54) is 27.4 Å². The van der Waals surface area contributed by atoms with Crippen molar-refractivity contribution in [1.29, 1.82) is 0 Å². The molecule has 33 heavy (non-hydrogen) atoms. The highest BCUT2D eigenvalue weighted by atomic mass is 16.5. The third-order valence-electron chi connectivity index (χ3n) is 7.50.